The van der Waals surface area contributed by atoms with Crippen molar-refractivity contribution in [1.82, 2.24) is 0 Å². The molecular weight excluding hydrogens is 312 g/mol. The molecule has 4 nitrogen and oxygen atoms in total. The van der Waals surface area contributed by atoms with E-state index in [1.807, 2.05) is 6.07 Å². The fourth-order valence-electron chi connectivity index (χ4n) is 3.34. The molecule has 23 heavy (non-hydrogen) atoms. The zero-order valence-electron chi connectivity index (χ0n) is 12.4. The van der Waals surface area contributed by atoms with Crippen molar-refractivity contribution in [2.24, 2.45) is 0 Å². The van der Waals surface area contributed by atoms with Crippen LogP contribution in [0.25, 0.3) is 0 Å². The van der Waals surface area contributed by atoms with Gasteiger partial charge in [0.1, 0.15) is 5.75 Å². The van der Waals surface area contributed by atoms with E-state index in [2.05, 4.69) is 12.1 Å². The Kier molecular flexibility index (Phi) is 3.54. The molecule has 0 aromatic heterocycles. The Hall–Kier alpha value is -1.98. The predicted octanol–water partition coefficient (Wildman–Crippen LogP) is 3.97. The number of aryl methyl sites for hydroxylation is 3. The number of carboxylic acid groups (broad SMARTS) is 1. The van der Waals surface area contributed by atoms with Crippen LogP contribution in [-0.4, -0.2) is 16.4 Å². The molecular formula is C18H16O4S. The van der Waals surface area contributed by atoms with Crippen molar-refractivity contribution >= 4 is 17.9 Å². The molecule has 1 aliphatic carbocycles. The molecule has 2 aromatic rings. The van der Waals surface area contributed by atoms with Gasteiger partial charge in [0.15, 0.2) is 0 Å². The fraction of sp³-hybridized carbons (Fsp3) is 0.278. The second-order valence-electron chi connectivity index (χ2n) is 5.95. The lowest BCUT2D eigenvalue weighted by Gasteiger charge is -2.11. The van der Waals surface area contributed by atoms with Gasteiger partial charge in [-0.15, -0.1) is 0 Å². The summed E-state index contributed by atoms with van der Waals surface area (Å²) < 4.78 is 4.76. The van der Waals surface area contributed by atoms with Crippen molar-refractivity contribution in [1.29, 1.82) is 0 Å². The van der Waals surface area contributed by atoms with Gasteiger partial charge in [0.25, 0.3) is 0 Å². The Labute approximate surface area is 138 Å². The lowest BCUT2D eigenvalue weighted by atomic mass is 10.00. The van der Waals surface area contributed by atoms with Gasteiger partial charge in [-0.2, -0.15) is 0 Å². The van der Waals surface area contributed by atoms with E-state index in [4.69, 9.17) is 9.84 Å². The normalized spacial score (nSPS) is 18.6. The van der Waals surface area contributed by atoms with E-state index < -0.39 is 6.16 Å². The fourth-order valence-corrected chi connectivity index (χ4v) is 4.54. The lowest BCUT2D eigenvalue weighted by Crippen LogP contribution is -2.03. The smallest absolute Gasteiger partial charge is 0.449 e. The Bertz CT molecular complexity index is 800. The van der Waals surface area contributed by atoms with E-state index in [0.717, 1.165) is 41.0 Å². The third-order valence-corrected chi connectivity index (χ3v) is 5.70. The Morgan fingerprint density at radius 3 is 2.65 bits per heavy atom. The summed E-state index contributed by atoms with van der Waals surface area (Å²) in [7, 11) is 0. The van der Waals surface area contributed by atoms with E-state index in [9.17, 15) is 9.90 Å². The van der Waals surface area contributed by atoms with Crippen LogP contribution in [0.2, 0.25) is 0 Å². The molecule has 2 N–H and O–H groups in total. The molecule has 1 atom stereocenters. The molecule has 0 radical (unpaired) electrons. The maximum Gasteiger partial charge on any atom is 0.511 e. The van der Waals surface area contributed by atoms with Gasteiger partial charge in [0, 0.05) is 9.79 Å². The number of fused-ring (bicyclic) bond motifs is 3. The number of carbonyl (C=O) groups is 1. The summed E-state index contributed by atoms with van der Waals surface area (Å²) in [4.78, 5) is 12.9. The molecule has 4 rings (SSSR count). The van der Waals surface area contributed by atoms with E-state index in [0.29, 0.717) is 5.75 Å². The first kappa shape index (κ1) is 14.6. The molecule has 0 fully saturated rings. The molecule has 118 valence electrons. The van der Waals surface area contributed by atoms with Crippen LogP contribution in [-0.2, 0) is 19.3 Å². The summed E-state index contributed by atoms with van der Waals surface area (Å²) in [5.74, 6) is 0.341. The minimum absolute atomic E-state index is 0.341. The van der Waals surface area contributed by atoms with E-state index in [1.165, 1.54) is 16.7 Å². The monoisotopic (exact) mass is 328 g/mol. The van der Waals surface area contributed by atoms with Crippen LogP contribution in [0.4, 0.5) is 4.79 Å². The number of rotatable bonds is 1. The lowest BCUT2D eigenvalue weighted by molar-refractivity contribution is 0.144. The molecule has 1 aliphatic heterocycles. The SMILES string of the molecule is O=C(O)Oc1ccc2c(c1)Sc1cc3c(cc1CC2)CCC3O. The van der Waals surface area contributed by atoms with Crippen LogP contribution in [0.3, 0.4) is 0 Å². The molecule has 2 aliphatic rings. The van der Waals surface area contributed by atoms with Gasteiger partial charge in [-0.05, 0) is 66.1 Å². The molecule has 0 spiro atoms. The van der Waals surface area contributed by atoms with Gasteiger partial charge in [-0.1, -0.05) is 23.9 Å². The second kappa shape index (κ2) is 5.58. The number of benzene rings is 2. The van der Waals surface area contributed by atoms with Gasteiger partial charge in [-0.3, -0.25) is 0 Å². The van der Waals surface area contributed by atoms with Crippen LogP contribution < -0.4 is 4.74 Å². The number of hydrogen-bond acceptors (Lipinski definition) is 4. The minimum Gasteiger partial charge on any atom is -0.449 e. The van der Waals surface area contributed by atoms with E-state index in [1.54, 1.807) is 23.9 Å². The average Bonchev–Trinajstić information content (AvgIpc) is 2.76. The van der Waals surface area contributed by atoms with Gasteiger partial charge in [0.05, 0.1) is 6.10 Å². The quantitative estimate of drug-likeness (QED) is 0.612. The molecule has 0 amide bonds. The third kappa shape index (κ3) is 2.71. The van der Waals surface area contributed by atoms with Crippen molar-refractivity contribution in [2.75, 3.05) is 0 Å². The van der Waals surface area contributed by atoms with Gasteiger partial charge in [0.2, 0.25) is 0 Å². The standard InChI is InChI=1S/C18H16O4S/c19-15-6-4-11-7-12-2-1-10-3-5-13(22-18(20)21)8-16(10)23-17(12)9-14(11)15/h3,5,7-9,15,19H,1-2,4,6H2,(H,20,21). The third-order valence-electron chi connectivity index (χ3n) is 4.50. The van der Waals surface area contributed by atoms with Crippen molar-refractivity contribution in [3.63, 3.8) is 0 Å². The summed E-state index contributed by atoms with van der Waals surface area (Å²) in [6.45, 7) is 0. The first-order valence-corrected chi connectivity index (χ1v) is 8.47. The van der Waals surface area contributed by atoms with Crippen molar-refractivity contribution in [3.8, 4) is 5.75 Å². The molecule has 0 saturated heterocycles. The Balaban J connectivity index is 1.73. The molecule has 1 heterocycles. The van der Waals surface area contributed by atoms with Crippen molar-refractivity contribution in [2.45, 2.75) is 41.6 Å². The number of hydrogen-bond donors (Lipinski definition) is 2. The van der Waals surface area contributed by atoms with Crippen LogP contribution in [0.5, 0.6) is 5.75 Å². The number of aliphatic hydroxyl groups is 1. The molecule has 2 aromatic carbocycles. The van der Waals surface area contributed by atoms with Gasteiger partial charge >= 0.3 is 6.16 Å². The van der Waals surface area contributed by atoms with Gasteiger partial charge in [-0.25, -0.2) is 4.79 Å². The molecule has 0 saturated carbocycles. The number of aliphatic hydroxyl groups excluding tert-OH is 1. The minimum atomic E-state index is -1.30. The maximum absolute atomic E-state index is 10.7. The van der Waals surface area contributed by atoms with Crippen LogP contribution in [0.1, 0.15) is 34.8 Å². The largest absolute Gasteiger partial charge is 0.511 e. The van der Waals surface area contributed by atoms with Gasteiger partial charge < -0.3 is 14.9 Å². The summed E-state index contributed by atoms with van der Waals surface area (Å²) in [5, 5.41) is 18.9. The van der Waals surface area contributed by atoms with Crippen LogP contribution >= 0.6 is 11.8 Å². The summed E-state index contributed by atoms with van der Waals surface area (Å²) in [6.07, 6.45) is 1.96. The van der Waals surface area contributed by atoms with Crippen molar-refractivity contribution < 1.29 is 19.7 Å². The van der Waals surface area contributed by atoms with Crippen LogP contribution in [0.15, 0.2) is 40.1 Å². The summed E-state index contributed by atoms with van der Waals surface area (Å²) in [5.41, 5.74) is 4.81. The summed E-state index contributed by atoms with van der Waals surface area (Å²) in [6, 6.07) is 9.76. The average molecular weight is 328 g/mol. The first-order valence-electron chi connectivity index (χ1n) is 7.65. The highest BCUT2D eigenvalue weighted by Gasteiger charge is 2.24. The van der Waals surface area contributed by atoms with Crippen molar-refractivity contribution in [3.05, 3.63) is 52.6 Å². The van der Waals surface area contributed by atoms with Crippen LogP contribution in [0, 0.1) is 0 Å². The van der Waals surface area contributed by atoms with E-state index in [-0.39, 0.29) is 6.10 Å². The summed E-state index contributed by atoms with van der Waals surface area (Å²) >= 11 is 1.63. The topological polar surface area (TPSA) is 66.8 Å². The highest BCUT2D eigenvalue weighted by Crippen LogP contribution is 2.42. The molecule has 1 unspecified atom stereocenters. The zero-order chi connectivity index (χ0) is 16.0. The number of ether oxygens (including phenoxy) is 1. The maximum atomic E-state index is 10.7. The molecule has 5 heteroatoms. The van der Waals surface area contributed by atoms with E-state index >= 15 is 0 Å². The molecule has 0 bridgehead atoms. The zero-order valence-corrected chi connectivity index (χ0v) is 13.2. The predicted molar refractivity (Wildman–Crippen MR) is 86.3 cm³/mol. The first-order chi connectivity index (χ1) is 11.1. The Morgan fingerprint density at radius 2 is 1.83 bits per heavy atom. The second-order valence-corrected chi connectivity index (χ2v) is 7.04. The highest BCUT2D eigenvalue weighted by atomic mass is 32.2. The Morgan fingerprint density at radius 1 is 1.04 bits per heavy atom. The highest BCUT2D eigenvalue weighted by molar-refractivity contribution is 7.99.